The van der Waals surface area contributed by atoms with E-state index in [4.69, 9.17) is 11.6 Å². The van der Waals surface area contributed by atoms with Gasteiger partial charge in [-0.1, -0.05) is 35.9 Å². The van der Waals surface area contributed by atoms with Gasteiger partial charge in [-0.3, -0.25) is 4.79 Å². The summed E-state index contributed by atoms with van der Waals surface area (Å²) in [6.45, 7) is 1.94. The van der Waals surface area contributed by atoms with Crippen LogP contribution >= 0.6 is 11.6 Å². The molecule has 128 valence electrons. The van der Waals surface area contributed by atoms with Crippen molar-refractivity contribution in [3.8, 4) is 0 Å². The first-order chi connectivity index (χ1) is 11.2. The van der Waals surface area contributed by atoms with Crippen LogP contribution < -0.4 is 0 Å². The molecule has 6 heteroatoms. The van der Waals surface area contributed by atoms with E-state index in [9.17, 15) is 13.2 Å². The second-order valence-electron chi connectivity index (χ2n) is 5.91. The summed E-state index contributed by atoms with van der Waals surface area (Å²) in [6, 6.07) is 14.0. The van der Waals surface area contributed by atoms with Crippen LogP contribution in [0.4, 0.5) is 0 Å². The van der Waals surface area contributed by atoms with Crippen molar-refractivity contribution in [2.75, 3.05) is 13.3 Å². The fourth-order valence-corrected chi connectivity index (χ4v) is 3.31. The summed E-state index contributed by atoms with van der Waals surface area (Å²) in [4.78, 5) is 14.3. The third-order valence-corrected chi connectivity index (χ3v) is 4.99. The summed E-state index contributed by atoms with van der Waals surface area (Å²) in [7, 11) is -1.34. The van der Waals surface area contributed by atoms with Gasteiger partial charge in [0.2, 0.25) is 0 Å². The number of amides is 1. The van der Waals surface area contributed by atoms with Gasteiger partial charge in [-0.15, -0.1) is 0 Å². The van der Waals surface area contributed by atoms with Crippen LogP contribution in [-0.2, 0) is 15.6 Å². The maximum Gasteiger partial charge on any atom is 0.254 e. The number of hydrogen-bond acceptors (Lipinski definition) is 3. The highest BCUT2D eigenvalue weighted by Gasteiger charge is 2.19. The number of sulfone groups is 1. The Bertz CT molecular complexity index is 814. The maximum absolute atomic E-state index is 12.6. The molecule has 0 heterocycles. The summed E-state index contributed by atoms with van der Waals surface area (Å²) in [5.41, 5.74) is 2.18. The summed E-state index contributed by atoms with van der Waals surface area (Å²) >= 11 is 5.89. The molecule has 0 spiro atoms. The minimum atomic E-state index is -3.09. The average Bonchev–Trinajstić information content (AvgIpc) is 2.53. The summed E-state index contributed by atoms with van der Waals surface area (Å²) in [5.74, 6) is -0.151. The van der Waals surface area contributed by atoms with Crippen molar-refractivity contribution in [2.45, 2.75) is 18.7 Å². The lowest BCUT2D eigenvalue weighted by Crippen LogP contribution is -2.29. The molecular formula is C18H20ClNO3S. The van der Waals surface area contributed by atoms with Gasteiger partial charge in [0.05, 0.1) is 11.8 Å². The number of carbonyl (C=O) groups excluding carboxylic acids is 1. The van der Waals surface area contributed by atoms with Gasteiger partial charge in [0.15, 0.2) is 9.84 Å². The highest BCUT2D eigenvalue weighted by Crippen LogP contribution is 2.22. The molecule has 1 atom stereocenters. The minimum Gasteiger partial charge on any atom is -0.335 e. The second kappa shape index (κ2) is 7.36. The van der Waals surface area contributed by atoms with Gasteiger partial charge >= 0.3 is 0 Å². The third-order valence-electron chi connectivity index (χ3n) is 3.88. The molecule has 0 saturated heterocycles. The Hall–Kier alpha value is -1.85. The molecule has 0 aliphatic carbocycles. The average molecular weight is 366 g/mol. The van der Waals surface area contributed by atoms with Crippen molar-refractivity contribution in [1.82, 2.24) is 4.90 Å². The number of halogens is 1. The molecule has 4 nitrogen and oxygen atoms in total. The van der Waals surface area contributed by atoms with Gasteiger partial charge in [0, 0.05) is 23.9 Å². The molecule has 0 aromatic heterocycles. The Morgan fingerprint density at radius 1 is 1.08 bits per heavy atom. The normalized spacial score (nSPS) is 12.7. The molecule has 24 heavy (non-hydrogen) atoms. The predicted molar refractivity (Wildman–Crippen MR) is 97.0 cm³/mol. The fourth-order valence-electron chi connectivity index (χ4n) is 2.39. The van der Waals surface area contributed by atoms with Crippen LogP contribution in [0.25, 0.3) is 0 Å². The fraction of sp³-hybridized carbons (Fsp3) is 0.278. The van der Waals surface area contributed by atoms with Gasteiger partial charge in [-0.2, -0.15) is 0 Å². The molecule has 1 unspecified atom stereocenters. The molecule has 0 saturated carbocycles. The van der Waals surface area contributed by atoms with E-state index < -0.39 is 9.84 Å². The summed E-state index contributed by atoms with van der Waals surface area (Å²) in [5, 5.41) is 0.654. The molecule has 2 aromatic rings. The molecular weight excluding hydrogens is 346 g/mol. The van der Waals surface area contributed by atoms with Crippen LogP contribution in [0.3, 0.4) is 0 Å². The van der Waals surface area contributed by atoms with Gasteiger partial charge < -0.3 is 4.90 Å². The minimum absolute atomic E-state index is 0.0293. The van der Waals surface area contributed by atoms with Crippen LogP contribution in [0.2, 0.25) is 5.02 Å². The lowest BCUT2D eigenvalue weighted by atomic mass is 10.1. The number of benzene rings is 2. The van der Waals surface area contributed by atoms with E-state index in [1.54, 1.807) is 48.3 Å². The Kier molecular flexibility index (Phi) is 5.67. The highest BCUT2D eigenvalue weighted by molar-refractivity contribution is 7.89. The molecule has 2 rings (SSSR count). The van der Waals surface area contributed by atoms with Crippen molar-refractivity contribution in [1.29, 1.82) is 0 Å². The second-order valence-corrected chi connectivity index (χ2v) is 8.49. The Balaban J connectivity index is 2.13. The van der Waals surface area contributed by atoms with E-state index in [1.807, 2.05) is 19.1 Å². The number of carbonyl (C=O) groups is 1. The first-order valence-corrected chi connectivity index (χ1v) is 9.90. The lowest BCUT2D eigenvalue weighted by molar-refractivity contribution is 0.0742. The van der Waals surface area contributed by atoms with Crippen LogP contribution in [0.1, 0.15) is 34.5 Å². The van der Waals surface area contributed by atoms with Crippen LogP contribution in [0.15, 0.2) is 48.5 Å². The number of hydrogen-bond donors (Lipinski definition) is 0. The molecule has 2 aromatic carbocycles. The largest absolute Gasteiger partial charge is 0.335 e. The van der Waals surface area contributed by atoms with Gasteiger partial charge in [0.1, 0.15) is 0 Å². The quantitative estimate of drug-likeness (QED) is 0.811. The zero-order valence-corrected chi connectivity index (χ0v) is 15.4. The van der Waals surface area contributed by atoms with Crippen molar-refractivity contribution in [3.63, 3.8) is 0 Å². The van der Waals surface area contributed by atoms with E-state index in [-0.39, 0.29) is 17.7 Å². The molecule has 0 aliphatic heterocycles. The van der Waals surface area contributed by atoms with E-state index in [2.05, 4.69) is 0 Å². The van der Waals surface area contributed by atoms with Gasteiger partial charge in [-0.05, 0) is 42.3 Å². The van der Waals surface area contributed by atoms with E-state index in [1.165, 1.54) is 6.26 Å². The first kappa shape index (κ1) is 18.5. The van der Waals surface area contributed by atoms with Crippen molar-refractivity contribution < 1.29 is 13.2 Å². The predicted octanol–water partition coefficient (Wildman–Crippen LogP) is 3.72. The summed E-state index contributed by atoms with van der Waals surface area (Å²) in [6.07, 6.45) is 1.19. The smallest absolute Gasteiger partial charge is 0.254 e. The lowest BCUT2D eigenvalue weighted by Gasteiger charge is -2.25. The molecule has 0 bridgehead atoms. The van der Waals surface area contributed by atoms with Gasteiger partial charge in [0.25, 0.3) is 5.91 Å². The Labute approximate surface area is 148 Å². The Morgan fingerprint density at radius 3 is 2.12 bits per heavy atom. The highest BCUT2D eigenvalue weighted by atomic mass is 35.5. The summed E-state index contributed by atoms with van der Waals surface area (Å²) < 4.78 is 22.6. The number of nitrogens with zero attached hydrogens (tertiary/aromatic N) is 1. The van der Waals surface area contributed by atoms with Crippen molar-refractivity contribution in [2.24, 2.45) is 0 Å². The zero-order valence-electron chi connectivity index (χ0n) is 13.9. The molecule has 1 amide bonds. The topological polar surface area (TPSA) is 54.5 Å². The van der Waals surface area contributed by atoms with E-state index in [0.29, 0.717) is 16.1 Å². The zero-order chi connectivity index (χ0) is 17.9. The van der Waals surface area contributed by atoms with Gasteiger partial charge in [-0.25, -0.2) is 8.42 Å². The van der Waals surface area contributed by atoms with Crippen molar-refractivity contribution >= 4 is 27.3 Å². The SMILES string of the molecule is CC(c1ccc(Cl)cc1)N(C)C(=O)c1ccc(CS(C)(=O)=O)cc1. The van der Waals surface area contributed by atoms with Crippen LogP contribution in [0, 0.1) is 0 Å². The molecule has 0 aliphatic rings. The molecule has 0 N–H and O–H groups in total. The maximum atomic E-state index is 12.6. The molecule has 0 fully saturated rings. The molecule has 0 radical (unpaired) electrons. The van der Waals surface area contributed by atoms with Crippen LogP contribution in [0.5, 0.6) is 0 Å². The monoisotopic (exact) mass is 365 g/mol. The van der Waals surface area contributed by atoms with Crippen LogP contribution in [-0.4, -0.2) is 32.5 Å². The van der Waals surface area contributed by atoms with E-state index >= 15 is 0 Å². The Morgan fingerprint density at radius 2 is 1.62 bits per heavy atom. The number of rotatable bonds is 5. The first-order valence-electron chi connectivity index (χ1n) is 7.46. The van der Waals surface area contributed by atoms with E-state index in [0.717, 1.165) is 5.56 Å². The standard InChI is InChI=1S/C18H20ClNO3S/c1-13(15-8-10-17(19)11-9-15)20(2)18(21)16-6-4-14(5-7-16)12-24(3,22)23/h4-11,13H,12H2,1-3H3. The third kappa shape index (κ3) is 4.82. The van der Waals surface area contributed by atoms with Crippen molar-refractivity contribution in [3.05, 3.63) is 70.2 Å².